The summed E-state index contributed by atoms with van der Waals surface area (Å²) in [5.74, 6) is 0.152. The van der Waals surface area contributed by atoms with E-state index in [4.69, 9.17) is 4.74 Å². The molecule has 104 valence electrons. The first-order chi connectivity index (χ1) is 9.83. The highest BCUT2D eigenvalue weighted by molar-refractivity contribution is 7.10. The summed E-state index contributed by atoms with van der Waals surface area (Å²) >= 11 is 1.54. The Kier molecular flexibility index (Phi) is 4.20. The Bertz CT molecular complexity index is 577. The molecule has 2 heterocycles. The third-order valence-electron chi connectivity index (χ3n) is 3.26. The van der Waals surface area contributed by atoms with Gasteiger partial charge in [0.2, 0.25) is 0 Å². The van der Waals surface area contributed by atoms with Gasteiger partial charge in [-0.1, -0.05) is 30.3 Å². The maximum absolute atomic E-state index is 12.1. The molecular weight excluding hydrogens is 272 g/mol. The topological polar surface area (TPSA) is 51.2 Å². The minimum Gasteiger partial charge on any atom is -0.378 e. The third-order valence-corrected chi connectivity index (χ3v) is 4.11. The van der Waals surface area contributed by atoms with E-state index in [-0.39, 0.29) is 11.8 Å². The van der Waals surface area contributed by atoms with Gasteiger partial charge in [-0.2, -0.15) is 0 Å². The third kappa shape index (κ3) is 3.12. The summed E-state index contributed by atoms with van der Waals surface area (Å²) in [4.78, 5) is 16.7. The molecule has 2 aromatic rings. The van der Waals surface area contributed by atoms with Crippen LogP contribution in [0.3, 0.4) is 0 Å². The molecule has 5 heteroatoms. The van der Waals surface area contributed by atoms with Gasteiger partial charge in [-0.05, 0) is 0 Å². The molecule has 0 spiro atoms. The van der Waals surface area contributed by atoms with E-state index in [1.165, 1.54) is 11.3 Å². The van der Waals surface area contributed by atoms with Crippen molar-refractivity contribution >= 4 is 17.1 Å². The summed E-state index contributed by atoms with van der Waals surface area (Å²) in [6.45, 7) is 1.89. The molecule has 1 saturated heterocycles. The summed E-state index contributed by atoms with van der Waals surface area (Å²) in [6.07, 6.45) is 0.374. The molecule has 1 aliphatic heterocycles. The first-order valence-electron chi connectivity index (χ1n) is 6.66. The summed E-state index contributed by atoms with van der Waals surface area (Å²) in [5.41, 5.74) is 2.02. The van der Waals surface area contributed by atoms with Crippen LogP contribution in [-0.4, -0.2) is 36.6 Å². The Balaban J connectivity index is 1.66. The predicted octanol–water partition coefficient (Wildman–Crippen LogP) is 1.91. The van der Waals surface area contributed by atoms with E-state index in [1.54, 1.807) is 0 Å². The molecule has 1 N–H and O–H groups in total. The van der Waals surface area contributed by atoms with E-state index in [0.717, 1.165) is 22.8 Å². The molecule has 1 unspecified atom stereocenters. The van der Waals surface area contributed by atoms with Crippen molar-refractivity contribution in [2.45, 2.75) is 12.5 Å². The van der Waals surface area contributed by atoms with Gasteiger partial charge in [0.1, 0.15) is 5.01 Å². The summed E-state index contributed by atoms with van der Waals surface area (Å²) in [6, 6.07) is 9.82. The van der Waals surface area contributed by atoms with Gasteiger partial charge >= 0.3 is 0 Å². The zero-order chi connectivity index (χ0) is 13.8. The second kappa shape index (κ2) is 6.26. The number of hydrogen-bond donors (Lipinski definition) is 1. The first kappa shape index (κ1) is 13.4. The first-order valence-corrected chi connectivity index (χ1v) is 7.54. The monoisotopic (exact) mass is 288 g/mol. The number of morpholine rings is 1. The summed E-state index contributed by atoms with van der Waals surface area (Å²) in [5, 5.41) is 6.04. The SMILES string of the molecule is O=C(Cc1nc(-c2ccccc2)cs1)C1COCCN1. The molecule has 4 nitrogen and oxygen atoms in total. The maximum atomic E-state index is 12.1. The molecule has 1 aliphatic rings. The Labute approximate surface area is 121 Å². The highest BCUT2D eigenvalue weighted by Crippen LogP contribution is 2.22. The molecule has 20 heavy (non-hydrogen) atoms. The number of carbonyl (C=O) groups excluding carboxylic acids is 1. The Morgan fingerprint density at radius 2 is 2.25 bits per heavy atom. The molecule has 0 bridgehead atoms. The van der Waals surface area contributed by atoms with E-state index in [2.05, 4.69) is 10.3 Å². The number of ketones is 1. The van der Waals surface area contributed by atoms with Gasteiger partial charge in [-0.25, -0.2) is 4.98 Å². The lowest BCUT2D eigenvalue weighted by molar-refractivity contribution is -0.123. The van der Waals surface area contributed by atoms with Crippen LogP contribution in [0, 0.1) is 0 Å². The summed E-state index contributed by atoms with van der Waals surface area (Å²) in [7, 11) is 0. The van der Waals surface area contributed by atoms with Crippen LogP contribution < -0.4 is 5.32 Å². The Morgan fingerprint density at radius 1 is 1.40 bits per heavy atom. The quantitative estimate of drug-likeness (QED) is 0.934. The predicted molar refractivity (Wildman–Crippen MR) is 78.9 cm³/mol. The highest BCUT2D eigenvalue weighted by atomic mass is 32.1. The molecule has 1 aromatic carbocycles. The van der Waals surface area contributed by atoms with Crippen LogP contribution in [0.15, 0.2) is 35.7 Å². The van der Waals surface area contributed by atoms with Gasteiger partial charge < -0.3 is 10.1 Å². The highest BCUT2D eigenvalue weighted by Gasteiger charge is 2.22. The average molecular weight is 288 g/mol. The van der Waals surface area contributed by atoms with Crippen LogP contribution in [0.5, 0.6) is 0 Å². The summed E-state index contributed by atoms with van der Waals surface area (Å²) < 4.78 is 5.32. The van der Waals surface area contributed by atoms with Crippen LogP contribution >= 0.6 is 11.3 Å². The van der Waals surface area contributed by atoms with Crippen LogP contribution in [0.2, 0.25) is 0 Å². The molecule has 1 fully saturated rings. The lowest BCUT2D eigenvalue weighted by atomic mass is 10.1. The number of carbonyl (C=O) groups is 1. The van der Waals surface area contributed by atoms with Crippen LogP contribution in [-0.2, 0) is 16.0 Å². The van der Waals surface area contributed by atoms with Crippen molar-refractivity contribution in [1.29, 1.82) is 0 Å². The Morgan fingerprint density at radius 3 is 3.00 bits per heavy atom. The molecule has 0 aliphatic carbocycles. The molecular formula is C15H16N2O2S. The number of Topliss-reactive ketones (excluding diaryl/α,β-unsaturated/α-hetero) is 1. The van der Waals surface area contributed by atoms with Crippen LogP contribution in [0.4, 0.5) is 0 Å². The lowest BCUT2D eigenvalue weighted by Crippen LogP contribution is -2.47. The van der Waals surface area contributed by atoms with E-state index < -0.39 is 0 Å². The van der Waals surface area contributed by atoms with Crippen molar-refractivity contribution in [3.05, 3.63) is 40.7 Å². The molecule has 0 radical (unpaired) electrons. The van der Waals surface area contributed by atoms with E-state index >= 15 is 0 Å². The second-order valence-corrected chi connectivity index (χ2v) is 5.66. The van der Waals surface area contributed by atoms with Crippen molar-refractivity contribution in [1.82, 2.24) is 10.3 Å². The van der Waals surface area contributed by atoms with Gasteiger partial charge in [0.15, 0.2) is 5.78 Å². The molecule has 1 atom stereocenters. The smallest absolute Gasteiger partial charge is 0.158 e. The van der Waals surface area contributed by atoms with Gasteiger partial charge in [-0.15, -0.1) is 11.3 Å². The number of ether oxygens (including phenoxy) is 1. The molecule has 3 rings (SSSR count). The van der Waals surface area contributed by atoms with E-state index in [9.17, 15) is 4.79 Å². The number of thiazole rings is 1. The van der Waals surface area contributed by atoms with Crippen LogP contribution in [0.1, 0.15) is 5.01 Å². The van der Waals surface area contributed by atoms with E-state index in [0.29, 0.717) is 19.6 Å². The number of benzene rings is 1. The lowest BCUT2D eigenvalue weighted by Gasteiger charge is -2.22. The average Bonchev–Trinajstić information content (AvgIpc) is 2.97. The van der Waals surface area contributed by atoms with Gasteiger partial charge in [0.05, 0.1) is 31.4 Å². The number of hydrogen-bond acceptors (Lipinski definition) is 5. The number of nitrogens with one attached hydrogen (secondary N) is 1. The van der Waals surface area contributed by atoms with Crippen molar-refractivity contribution < 1.29 is 9.53 Å². The fourth-order valence-electron chi connectivity index (χ4n) is 2.18. The molecule has 0 amide bonds. The fraction of sp³-hybridized carbons (Fsp3) is 0.333. The molecule has 1 aromatic heterocycles. The number of aromatic nitrogens is 1. The van der Waals surface area contributed by atoms with Gasteiger partial charge in [0.25, 0.3) is 0 Å². The van der Waals surface area contributed by atoms with Crippen LogP contribution in [0.25, 0.3) is 11.3 Å². The minimum atomic E-state index is -0.187. The second-order valence-electron chi connectivity index (χ2n) is 4.72. The zero-order valence-corrected chi connectivity index (χ0v) is 11.9. The van der Waals surface area contributed by atoms with Crippen molar-refractivity contribution in [3.8, 4) is 11.3 Å². The fourth-order valence-corrected chi connectivity index (χ4v) is 2.99. The van der Waals surface area contributed by atoms with Gasteiger partial charge in [-0.3, -0.25) is 4.79 Å². The maximum Gasteiger partial charge on any atom is 0.158 e. The molecule has 0 saturated carbocycles. The zero-order valence-electron chi connectivity index (χ0n) is 11.0. The van der Waals surface area contributed by atoms with Gasteiger partial charge in [0, 0.05) is 17.5 Å². The Hall–Kier alpha value is -1.56. The van der Waals surface area contributed by atoms with Crippen molar-refractivity contribution in [3.63, 3.8) is 0 Å². The normalized spacial score (nSPS) is 18.9. The van der Waals surface area contributed by atoms with E-state index in [1.807, 2.05) is 35.7 Å². The number of rotatable bonds is 4. The standard InChI is InChI=1S/C15H16N2O2S/c18-14(12-9-19-7-6-16-12)8-15-17-13(10-20-15)11-4-2-1-3-5-11/h1-5,10,12,16H,6-9H2. The minimum absolute atomic E-state index is 0.152. The van der Waals surface area contributed by atoms with Crippen molar-refractivity contribution in [2.24, 2.45) is 0 Å². The largest absolute Gasteiger partial charge is 0.378 e. The number of nitrogens with zero attached hydrogens (tertiary/aromatic N) is 1. The van der Waals surface area contributed by atoms with Crippen molar-refractivity contribution in [2.75, 3.05) is 19.8 Å².